The Balaban J connectivity index is 0.000000218. The molecule has 0 amide bonds. The average Bonchev–Trinajstić information content (AvgIpc) is 3.92. The molecule has 8 aromatic rings. The number of pyridine rings is 2. The van der Waals surface area contributed by atoms with Crippen molar-refractivity contribution in [2.75, 3.05) is 0 Å². The van der Waals surface area contributed by atoms with Gasteiger partial charge in [-0.1, -0.05) is 68.4 Å². The molecule has 0 N–H and O–H groups in total. The van der Waals surface area contributed by atoms with Gasteiger partial charge >= 0.3 is 123 Å². The van der Waals surface area contributed by atoms with Crippen LogP contribution in [0.1, 0.15) is 51.9 Å². The molecule has 3 aromatic heterocycles. The molecule has 5 aromatic carbocycles. The van der Waals surface area contributed by atoms with Gasteiger partial charge in [-0.05, 0) is 69.5 Å². The maximum Gasteiger partial charge on any atom is 0 e. The molecule has 2 nitrogen and oxygen atoms in total. The van der Waals surface area contributed by atoms with Crippen LogP contribution < -0.4 is 4.40 Å². The monoisotopic (exact) mass is 984 g/mol. The molecule has 6 heteroatoms. The maximum absolute atomic E-state index is 15.7. The van der Waals surface area contributed by atoms with Gasteiger partial charge in [0.1, 0.15) is 5.82 Å². The van der Waals surface area contributed by atoms with Crippen molar-refractivity contribution in [1.82, 2.24) is 9.97 Å². The van der Waals surface area contributed by atoms with Gasteiger partial charge in [-0.25, -0.2) is 4.39 Å². The van der Waals surface area contributed by atoms with E-state index in [-0.39, 0.29) is 48.7 Å². The molecule has 0 unspecified atom stereocenters. The van der Waals surface area contributed by atoms with Crippen LogP contribution in [-0.2, 0) is 25.5 Å². The number of thiophene rings is 1. The number of hydrogen-bond acceptors (Lipinski definition) is 3. The number of halogens is 1. The van der Waals surface area contributed by atoms with Crippen LogP contribution in [0.5, 0.6) is 0 Å². The van der Waals surface area contributed by atoms with Crippen LogP contribution in [0.25, 0.3) is 64.6 Å². The summed E-state index contributed by atoms with van der Waals surface area (Å²) >= 11 is -0.388. The normalized spacial score (nSPS) is 14.8. The van der Waals surface area contributed by atoms with E-state index in [1.807, 2.05) is 24.4 Å². The van der Waals surface area contributed by atoms with Crippen molar-refractivity contribution in [2.45, 2.75) is 62.2 Å². The van der Waals surface area contributed by atoms with Gasteiger partial charge in [0.05, 0.1) is 6.85 Å². The van der Waals surface area contributed by atoms with E-state index in [2.05, 4.69) is 114 Å². The molecule has 0 bridgehead atoms. The van der Waals surface area contributed by atoms with E-state index in [0.29, 0.717) is 16.0 Å². The summed E-state index contributed by atoms with van der Waals surface area (Å²) in [6.07, 6.45) is 8.96. The van der Waals surface area contributed by atoms with Crippen LogP contribution in [0.15, 0.2) is 128 Å². The first-order chi connectivity index (χ1) is 28.1. The third-order valence-electron chi connectivity index (χ3n) is 11.0. The summed E-state index contributed by atoms with van der Waals surface area (Å²) in [4.78, 5) is 9.31. The quantitative estimate of drug-likeness (QED) is 0.123. The minimum atomic E-state index is -1.78. The smallest absolute Gasteiger partial charge is 0 e. The van der Waals surface area contributed by atoms with Gasteiger partial charge in [0, 0.05) is 36.4 Å². The summed E-state index contributed by atoms with van der Waals surface area (Å²) in [5.74, 6) is 7.32. The van der Waals surface area contributed by atoms with Crippen molar-refractivity contribution >= 4 is 59.9 Å². The fourth-order valence-electron chi connectivity index (χ4n) is 7.71. The maximum atomic E-state index is 15.7. The summed E-state index contributed by atoms with van der Waals surface area (Å²) in [7, 11) is 0. The number of rotatable bonds is 6. The van der Waals surface area contributed by atoms with E-state index in [4.69, 9.17) is 6.85 Å². The Morgan fingerprint density at radius 2 is 1.60 bits per heavy atom. The van der Waals surface area contributed by atoms with Crippen LogP contribution >= 0.6 is 11.3 Å². The number of hydrogen-bond donors (Lipinski definition) is 0. The molecule has 1 radical (unpaired) electrons. The second-order valence-electron chi connectivity index (χ2n) is 15.8. The van der Waals surface area contributed by atoms with Crippen molar-refractivity contribution in [3.05, 3.63) is 151 Å². The van der Waals surface area contributed by atoms with Crippen molar-refractivity contribution in [2.24, 2.45) is 5.92 Å². The van der Waals surface area contributed by atoms with Crippen LogP contribution in [0.2, 0.25) is 17.3 Å². The third-order valence-corrected chi connectivity index (χ3v) is 16.4. The Morgan fingerprint density at radius 3 is 2.35 bits per heavy atom. The summed E-state index contributed by atoms with van der Waals surface area (Å²) in [6, 6.07) is 32.5. The predicted molar refractivity (Wildman–Crippen MR) is 231 cm³/mol. The molecular weight excluding hydrogens is 932 g/mol. The standard InChI is InChI=1S/C31H27FNS.C18H18GeN.Ir/c1-31(2,23-10-6-7-11-23)24-14-15-33-27(19-24)21-12-13-28-25(16-21)30-26(32)17-22(18-29(30)34-28)20-8-4-3-5-9-20;1-19(2,3)15-11-12-18(20-13-15)17-10-6-8-14-7-4-5-9-16(14)17;/h3-5,8-9,13-19,23H,6-7,10-11H2,1-2H3;4-9,11-13H,1-3H3;/q2*-1;/i3D,4D,5D,8D,9D;;. The van der Waals surface area contributed by atoms with E-state index in [1.165, 1.54) is 63.8 Å². The van der Waals surface area contributed by atoms with Crippen molar-refractivity contribution in [1.29, 1.82) is 0 Å². The minimum absolute atomic E-state index is 0. The van der Waals surface area contributed by atoms with Crippen LogP contribution in [-0.4, -0.2) is 23.2 Å². The fourth-order valence-corrected chi connectivity index (χ4v) is 11.0. The average molecular weight is 983 g/mol. The van der Waals surface area contributed by atoms with Crippen LogP contribution in [0, 0.1) is 23.9 Å². The van der Waals surface area contributed by atoms with Gasteiger partial charge in [0.2, 0.25) is 0 Å². The molecule has 3 heterocycles. The van der Waals surface area contributed by atoms with Gasteiger partial charge in [-0.2, -0.15) is 11.3 Å². The second kappa shape index (κ2) is 16.2. The van der Waals surface area contributed by atoms with Crippen molar-refractivity contribution in [3.8, 4) is 33.6 Å². The molecule has 0 atom stereocenters. The third kappa shape index (κ3) is 8.14. The zero-order valence-corrected chi connectivity index (χ0v) is 37.0. The Labute approximate surface area is 352 Å². The minimum Gasteiger partial charge on any atom is 0 e. The van der Waals surface area contributed by atoms with Crippen LogP contribution in [0.4, 0.5) is 4.39 Å². The zero-order valence-electron chi connectivity index (χ0n) is 36.7. The Bertz CT molecular complexity index is 2850. The predicted octanol–water partition coefficient (Wildman–Crippen LogP) is 13.4. The molecule has 0 aliphatic heterocycles. The van der Waals surface area contributed by atoms with Gasteiger partial charge in [0.25, 0.3) is 0 Å². The van der Waals surface area contributed by atoms with E-state index < -0.39 is 37.2 Å². The molecule has 0 spiro atoms. The fraction of sp³-hybridized carbons (Fsp3) is 0.224. The van der Waals surface area contributed by atoms with Crippen LogP contribution in [0.3, 0.4) is 0 Å². The molecule has 9 rings (SSSR count). The molecule has 1 saturated carbocycles. The molecule has 55 heavy (non-hydrogen) atoms. The summed E-state index contributed by atoms with van der Waals surface area (Å²) < 4.78 is 59.0. The Kier molecular flexibility index (Phi) is 9.79. The van der Waals surface area contributed by atoms with Crippen molar-refractivity contribution in [3.63, 3.8) is 0 Å². The summed E-state index contributed by atoms with van der Waals surface area (Å²) in [5.41, 5.74) is 5.25. The van der Waals surface area contributed by atoms with E-state index >= 15 is 4.39 Å². The molecule has 1 fully saturated rings. The topological polar surface area (TPSA) is 25.8 Å². The summed E-state index contributed by atoms with van der Waals surface area (Å²) in [6.45, 7) is 4.62. The largest absolute Gasteiger partial charge is 0 e. The van der Waals surface area contributed by atoms with Gasteiger partial charge in [0.15, 0.2) is 0 Å². The number of benzene rings is 5. The first-order valence-electron chi connectivity index (χ1n) is 21.1. The molecular formula is C49H45FGeIrN2S-2. The number of aromatic nitrogens is 2. The Morgan fingerprint density at radius 1 is 0.818 bits per heavy atom. The van der Waals surface area contributed by atoms with E-state index in [1.54, 1.807) is 6.07 Å². The van der Waals surface area contributed by atoms with Gasteiger partial charge in [-0.3, -0.25) is 0 Å². The Hall–Kier alpha value is -4.00. The first kappa shape index (κ1) is 33.2. The second-order valence-corrected chi connectivity index (χ2v) is 27.5. The van der Waals surface area contributed by atoms with Gasteiger partial charge in [-0.15, -0.1) is 23.8 Å². The SMILES string of the molecule is [2H]c1c([2H])c([2H])c(-c2cc(F)c3c(c2)sc2c[c-]c(-c4cc(C(C)(C)C5CCCC5)ccn4)cc23)c([2H])c1[2H].[CH3][Ge]([CH3])([CH3])[c]1ccc(-c2[c-]ccc3ccccc23)nc1.[Ir]. The first-order valence-corrected chi connectivity index (χ1v) is 26.8. The molecule has 0 saturated heterocycles. The summed E-state index contributed by atoms with van der Waals surface area (Å²) in [5, 5.41) is 3.65. The molecule has 279 valence electrons. The van der Waals surface area contributed by atoms with E-state index in [9.17, 15) is 0 Å². The van der Waals surface area contributed by atoms with Crippen molar-refractivity contribution < 1.29 is 31.3 Å². The van der Waals surface area contributed by atoms with Gasteiger partial charge < -0.3 is 4.98 Å². The zero-order chi connectivity index (χ0) is 41.8. The molecule has 1 aliphatic carbocycles. The van der Waals surface area contributed by atoms with E-state index in [0.717, 1.165) is 32.6 Å². The number of nitrogens with zero attached hydrogens (tertiary/aromatic N) is 2. The molecule has 1 aliphatic rings. The number of fused-ring (bicyclic) bond motifs is 4.